The van der Waals surface area contributed by atoms with Crippen molar-refractivity contribution >= 4 is 6.21 Å². The van der Waals surface area contributed by atoms with E-state index < -0.39 is 0 Å². The topological polar surface area (TPSA) is 48.6 Å². The molecule has 0 bridgehead atoms. The summed E-state index contributed by atoms with van der Waals surface area (Å²) in [6.45, 7) is 1.79. The molecule has 8 heavy (non-hydrogen) atoms. The van der Waals surface area contributed by atoms with Gasteiger partial charge in [-0.2, -0.15) is 10.2 Å². The minimum absolute atomic E-state index is 0.752. The molecular formula is C5H9N3. The first kappa shape index (κ1) is 7.01. The van der Waals surface area contributed by atoms with Crippen molar-refractivity contribution in [2.75, 3.05) is 7.05 Å². The molecule has 0 atom stereocenters. The summed E-state index contributed by atoms with van der Waals surface area (Å²) in [4.78, 5) is 0. The van der Waals surface area contributed by atoms with E-state index in [4.69, 9.17) is 5.41 Å². The van der Waals surface area contributed by atoms with E-state index in [0.29, 0.717) is 0 Å². The summed E-state index contributed by atoms with van der Waals surface area (Å²) in [7, 11) is 1.60. The Bertz CT molecular complexity index is 124. The summed E-state index contributed by atoms with van der Waals surface area (Å²) >= 11 is 0. The van der Waals surface area contributed by atoms with Crippen molar-refractivity contribution < 1.29 is 0 Å². The number of nitrogens with one attached hydrogen (secondary N) is 1. The zero-order valence-corrected chi connectivity index (χ0v) is 5.05. The van der Waals surface area contributed by atoms with Crippen LogP contribution in [0.3, 0.4) is 0 Å². The van der Waals surface area contributed by atoms with Crippen LogP contribution in [0.2, 0.25) is 0 Å². The lowest BCUT2D eigenvalue weighted by molar-refractivity contribution is 1.09. The first-order chi connectivity index (χ1) is 3.81. The average molecular weight is 111 g/mol. The highest BCUT2D eigenvalue weighted by molar-refractivity contribution is 5.68. The van der Waals surface area contributed by atoms with Gasteiger partial charge >= 0.3 is 0 Å². The summed E-state index contributed by atoms with van der Waals surface area (Å²) in [5, 5.41) is 13.8. The van der Waals surface area contributed by atoms with Gasteiger partial charge in [-0.25, -0.2) is 0 Å². The van der Waals surface area contributed by atoms with Crippen LogP contribution in [0.5, 0.6) is 0 Å². The molecule has 0 aliphatic heterocycles. The number of nitrogens with zero attached hydrogens (tertiary/aromatic N) is 2. The van der Waals surface area contributed by atoms with E-state index in [0.717, 1.165) is 5.70 Å². The normalized spacial score (nSPS) is 12.5. The fourth-order valence-electron chi connectivity index (χ4n) is 0.312. The molecule has 0 aromatic heterocycles. The first-order valence-electron chi connectivity index (χ1n) is 2.28. The molecule has 1 N–H and O–H groups in total. The molecule has 0 amide bonds. The molecule has 3 heteroatoms. The lowest BCUT2D eigenvalue weighted by atomic mass is 10.5. The Labute approximate surface area is 48.6 Å². The zero-order valence-electron chi connectivity index (χ0n) is 5.05. The monoisotopic (exact) mass is 111 g/mol. The van der Waals surface area contributed by atoms with Gasteiger partial charge in [0.25, 0.3) is 0 Å². The van der Waals surface area contributed by atoms with E-state index in [2.05, 4.69) is 10.2 Å². The van der Waals surface area contributed by atoms with Crippen molar-refractivity contribution in [2.24, 2.45) is 10.2 Å². The lowest BCUT2D eigenvalue weighted by Gasteiger charge is -1.80. The van der Waals surface area contributed by atoms with Gasteiger partial charge in [0.2, 0.25) is 0 Å². The van der Waals surface area contributed by atoms with Gasteiger partial charge in [0.1, 0.15) is 0 Å². The van der Waals surface area contributed by atoms with Gasteiger partial charge in [0.05, 0.1) is 5.70 Å². The molecule has 0 spiro atoms. The zero-order chi connectivity index (χ0) is 6.41. The van der Waals surface area contributed by atoms with Crippen molar-refractivity contribution in [3.63, 3.8) is 0 Å². The Morgan fingerprint density at radius 1 is 1.62 bits per heavy atom. The molecule has 0 heterocycles. The lowest BCUT2D eigenvalue weighted by Crippen LogP contribution is -1.66. The van der Waals surface area contributed by atoms with Crippen molar-refractivity contribution in [3.05, 3.63) is 11.8 Å². The molecule has 0 saturated carbocycles. The molecule has 0 saturated heterocycles. The van der Waals surface area contributed by atoms with Gasteiger partial charge in [-0.1, -0.05) is 0 Å². The molecule has 0 rings (SSSR count). The SMILES string of the molecule is C/N=N\C(C)=C/C=N. The van der Waals surface area contributed by atoms with Crippen LogP contribution < -0.4 is 0 Å². The molecule has 0 fully saturated rings. The minimum Gasteiger partial charge on any atom is -0.309 e. The molecule has 0 aliphatic carbocycles. The van der Waals surface area contributed by atoms with Crippen LogP contribution in [0.1, 0.15) is 6.92 Å². The predicted molar refractivity (Wildman–Crippen MR) is 33.3 cm³/mol. The Morgan fingerprint density at radius 2 is 2.25 bits per heavy atom. The number of rotatable bonds is 2. The number of allylic oxidation sites excluding steroid dienone is 2. The maximum Gasteiger partial charge on any atom is 0.0610 e. The maximum atomic E-state index is 6.61. The third-order valence-electron chi connectivity index (χ3n) is 0.582. The second kappa shape index (κ2) is 4.18. The molecule has 0 radical (unpaired) electrons. The van der Waals surface area contributed by atoms with Gasteiger partial charge in [-0.15, -0.1) is 0 Å². The Balaban J connectivity index is 3.79. The van der Waals surface area contributed by atoms with Crippen LogP contribution in [-0.2, 0) is 0 Å². The van der Waals surface area contributed by atoms with Gasteiger partial charge in [0, 0.05) is 13.3 Å². The molecule has 0 aromatic carbocycles. The van der Waals surface area contributed by atoms with Crippen LogP contribution in [0.25, 0.3) is 0 Å². The van der Waals surface area contributed by atoms with E-state index >= 15 is 0 Å². The van der Waals surface area contributed by atoms with Gasteiger partial charge in [0.15, 0.2) is 0 Å². The second-order valence-corrected chi connectivity index (χ2v) is 1.27. The van der Waals surface area contributed by atoms with Gasteiger partial charge in [-0.3, -0.25) is 0 Å². The highest BCUT2D eigenvalue weighted by atomic mass is 15.1. The van der Waals surface area contributed by atoms with E-state index in [-0.39, 0.29) is 0 Å². The van der Waals surface area contributed by atoms with E-state index in [1.165, 1.54) is 6.21 Å². The summed E-state index contributed by atoms with van der Waals surface area (Å²) in [6, 6.07) is 0. The smallest absolute Gasteiger partial charge is 0.0610 e. The van der Waals surface area contributed by atoms with Gasteiger partial charge < -0.3 is 5.41 Å². The Morgan fingerprint density at radius 3 is 2.62 bits per heavy atom. The largest absolute Gasteiger partial charge is 0.309 e. The van der Waals surface area contributed by atoms with Crippen molar-refractivity contribution in [3.8, 4) is 0 Å². The molecule has 0 aliphatic rings. The second-order valence-electron chi connectivity index (χ2n) is 1.27. The van der Waals surface area contributed by atoms with Crippen LogP contribution in [0, 0.1) is 5.41 Å². The average Bonchev–Trinajstić information content (AvgIpc) is 1.68. The first-order valence-corrected chi connectivity index (χ1v) is 2.28. The predicted octanol–water partition coefficient (Wildman–Crippen LogP) is 1.62. The van der Waals surface area contributed by atoms with Crippen molar-refractivity contribution in [2.45, 2.75) is 6.92 Å². The third-order valence-corrected chi connectivity index (χ3v) is 0.582. The molecule has 3 nitrogen and oxygen atoms in total. The quantitative estimate of drug-likeness (QED) is 0.416. The molecule has 44 valence electrons. The Hall–Kier alpha value is -0.990. The fraction of sp³-hybridized carbons (Fsp3) is 0.400. The number of azo groups is 1. The Kier molecular flexibility index (Phi) is 3.66. The van der Waals surface area contributed by atoms with E-state index in [9.17, 15) is 0 Å². The summed E-state index contributed by atoms with van der Waals surface area (Å²) in [5.74, 6) is 0. The summed E-state index contributed by atoms with van der Waals surface area (Å²) < 4.78 is 0. The third kappa shape index (κ3) is 3.21. The van der Waals surface area contributed by atoms with Crippen molar-refractivity contribution in [1.82, 2.24) is 0 Å². The summed E-state index contributed by atoms with van der Waals surface area (Å²) in [5.41, 5.74) is 0.752. The van der Waals surface area contributed by atoms with Crippen LogP contribution >= 0.6 is 0 Å². The van der Waals surface area contributed by atoms with E-state index in [1.807, 2.05) is 0 Å². The highest BCUT2D eigenvalue weighted by Crippen LogP contribution is 1.90. The van der Waals surface area contributed by atoms with Crippen molar-refractivity contribution in [1.29, 1.82) is 5.41 Å². The van der Waals surface area contributed by atoms with Crippen LogP contribution in [0.4, 0.5) is 0 Å². The molecular weight excluding hydrogens is 102 g/mol. The molecule has 0 unspecified atom stereocenters. The fourth-order valence-corrected chi connectivity index (χ4v) is 0.312. The number of hydrogen-bond donors (Lipinski definition) is 1. The highest BCUT2D eigenvalue weighted by Gasteiger charge is 1.75. The van der Waals surface area contributed by atoms with E-state index in [1.54, 1.807) is 20.0 Å². The van der Waals surface area contributed by atoms with Crippen LogP contribution in [0.15, 0.2) is 22.0 Å². The minimum atomic E-state index is 0.752. The molecule has 0 aromatic rings. The van der Waals surface area contributed by atoms with Crippen LogP contribution in [-0.4, -0.2) is 13.3 Å². The summed E-state index contributed by atoms with van der Waals surface area (Å²) in [6.07, 6.45) is 2.76. The standard InChI is InChI=1S/C5H9N3/c1-5(3-4-6)8-7-2/h3-4,6H,1-2H3/b5-3-,6-4?,8-7-. The maximum absolute atomic E-state index is 6.61. The number of hydrogen-bond acceptors (Lipinski definition) is 3. The van der Waals surface area contributed by atoms with Gasteiger partial charge in [-0.05, 0) is 13.0 Å².